The van der Waals surface area contributed by atoms with Gasteiger partial charge in [-0.3, -0.25) is 9.59 Å². The average Bonchev–Trinajstić information content (AvgIpc) is 2.89. The molecular formula is C25H23ClN2O3S. The number of hydrogen-bond donors (Lipinski definition) is 1. The summed E-state index contributed by atoms with van der Waals surface area (Å²) in [5, 5.41) is 3.47. The second kappa shape index (κ2) is 9.67. The molecule has 0 unspecified atom stereocenters. The molecule has 2 amide bonds. The molecule has 5 nitrogen and oxygen atoms in total. The number of halogens is 1. The Morgan fingerprint density at radius 3 is 2.62 bits per heavy atom. The van der Waals surface area contributed by atoms with Gasteiger partial charge >= 0.3 is 0 Å². The number of benzene rings is 3. The number of rotatable bonds is 6. The molecule has 0 aliphatic carbocycles. The van der Waals surface area contributed by atoms with Crippen molar-refractivity contribution in [3.63, 3.8) is 0 Å². The summed E-state index contributed by atoms with van der Waals surface area (Å²) in [6.45, 7) is 2.87. The third-order valence-corrected chi connectivity index (χ3v) is 7.05. The number of carbonyl (C=O) groups excluding carboxylic acids is 2. The van der Waals surface area contributed by atoms with Gasteiger partial charge in [0, 0.05) is 17.1 Å². The van der Waals surface area contributed by atoms with Crippen LogP contribution in [0.4, 0.5) is 5.69 Å². The van der Waals surface area contributed by atoms with E-state index < -0.39 is 10.8 Å². The molecule has 3 aromatic rings. The van der Waals surface area contributed by atoms with Crippen LogP contribution >= 0.6 is 11.6 Å². The van der Waals surface area contributed by atoms with Gasteiger partial charge in [0.25, 0.3) is 11.8 Å². The molecule has 4 rings (SSSR count). The van der Waals surface area contributed by atoms with Gasteiger partial charge in [0.05, 0.1) is 38.4 Å². The SMILES string of the molecule is CCCCNC(=O)c1ccc2c(c1)N(Cc1cccc(Cl)c1)C(=O)c1ccccc1[S@]2=O. The summed E-state index contributed by atoms with van der Waals surface area (Å²) >= 11 is 6.16. The molecule has 7 heteroatoms. The molecule has 1 atom stereocenters. The Kier molecular flexibility index (Phi) is 6.72. The second-order valence-electron chi connectivity index (χ2n) is 7.58. The molecular weight excluding hydrogens is 444 g/mol. The van der Waals surface area contributed by atoms with E-state index in [9.17, 15) is 13.8 Å². The predicted octanol–water partition coefficient (Wildman–Crippen LogP) is 5.20. The standard InChI is InChI=1S/C25H23ClN2O3S/c1-2-3-13-27-24(29)18-11-12-23-21(15-18)28(16-17-7-6-8-19(26)14-17)25(30)20-9-4-5-10-22(20)32(23)31/h4-12,14-15H,2-3,13,16H2,1H3,(H,27,29)/t32-/m1/s1. The highest BCUT2D eigenvalue weighted by Gasteiger charge is 2.31. The predicted molar refractivity (Wildman–Crippen MR) is 127 cm³/mol. The van der Waals surface area contributed by atoms with Crippen LogP contribution in [0.5, 0.6) is 0 Å². The van der Waals surface area contributed by atoms with Crippen LogP contribution in [0.3, 0.4) is 0 Å². The Hall–Kier alpha value is -2.96. The van der Waals surface area contributed by atoms with Crippen LogP contribution in [0.2, 0.25) is 5.02 Å². The molecule has 0 radical (unpaired) electrons. The summed E-state index contributed by atoms with van der Waals surface area (Å²) in [6.07, 6.45) is 1.86. The van der Waals surface area contributed by atoms with E-state index in [1.807, 2.05) is 12.1 Å². The molecule has 1 heterocycles. The van der Waals surface area contributed by atoms with Gasteiger partial charge in [-0.1, -0.05) is 49.2 Å². The number of nitrogens with zero attached hydrogens (tertiary/aromatic N) is 1. The minimum atomic E-state index is -1.56. The first-order chi connectivity index (χ1) is 15.5. The van der Waals surface area contributed by atoms with E-state index in [0.717, 1.165) is 18.4 Å². The van der Waals surface area contributed by atoms with E-state index in [2.05, 4.69) is 12.2 Å². The molecule has 32 heavy (non-hydrogen) atoms. The summed E-state index contributed by atoms with van der Waals surface area (Å²) in [4.78, 5) is 28.8. The number of hydrogen-bond acceptors (Lipinski definition) is 3. The number of anilines is 1. The van der Waals surface area contributed by atoms with Crippen molar-refractivity contribution in [3.8, 4) is 0 Å². The van der Waals surface area contributed by atoms with Crippen LogP contribution in [0.25, 0.3) is 0 Å². The molecule has 3 aromatic carbocycles. The Bertz CT molecular complexity index is 1210. The zero-order chi connectivity index (χ0) is 22.7. The first kappa shape index (κ1) is 22.2. The molecule has 0 spiro atoms. The van der Waals surface area contributed by atoms with Crippen molar-refractivity contribution >= 4 is 39.9 Å². The first-order valence-electron chi connectivity index (χ1n) is 10.5. The average molecular weight is 467 g/mol. The highest BCUT2D eigenvalue weighted by molar-refractivity contribution is 7.85. The molecule has 1 aliphatic rings. The maximum absolute atomic E-state index is 13.6. The summed E-state index contributed by atoms with van der Waals surface area (Å²) in [6, 6.07) is 19.2. The second-order valence-corrected chi connectivity index (χ2v) is 9.43. The first-order valence-corrected chi connectivity index (χ1v) is 12.0. The minimum absolute atomic E-state index is 0.219. The van der Waals surface area contributed by atoms with Gasteiger partial charge in [-0.25, -0.2) is 4.21 Å². The number of unbranched alkanes of at least 4 members (excludes halogenated alkanes) is 1. The van der Waals surface area contributed by atoms with Gasteiger partial charge in [0.2, 0.25) is 0 Å². The summed E-state index contributed by atoms with van der Waals surface area (Å²) < 4.78 is 13.4. The molecule has 0 saturated heterocycles. The van der Waals surface area contributed by atoms with Crippen LogP contribution in [-0.4, -0.2) is 22.6 Å². The van der Waals surface area contributed by atoms with Crippen LogP contribution in [0, 0.1) is 0 Å². The van der Waals surface area contributed by atoms with Gasteiger partial charge in [0.1, 0.15) is 0 Å². The lowest BCUT2D eigenvalue weighted by atomic mass is 10.1. The zero-order valence-electron chi connectivity index (χ0n) is 17.6. The maximum atomic E-state index is 13.6. The highest BCUT2D eigenvalue weighted by atomic mass is 35.5. The van der Waals surface area contributed by atoms with E-state index in [-0.39, 0.29) is 18.4 Å². The minimum Gasteiger partial charge on any atom is -0.352 e. The maximum Gasteiger partial charge on any atom is 0.259 e. The lowest BCUT2D eigenvalue weighted by Gasteiger charge is -2.23. The van der Waals surface area contributed by atoms with Crippen LogP contribution in [-0.2, 0) is 17.3 Å². The summed E-state index contributed by atoms with van der Waals surface area (Å²) in [5.41, 5.74) is 2.11. The van der Waals surface area contributed by atoms with Crippen LogP contribution < -0.4 is 10.2 Å². The fraction of sp³-hybridized carbons (Fsp3) is 0.200. The molecule has 0 saturated carbocycles. The van der Waals surface area contributed by atoms with E-state index >= 15 is 0 Å². The molecule has 0 fully saturated rings. The Morgan fingerprint density at radius 2 is 1.84 bits per heavy atom. The third kappa shape index (κ3) is 4.47. The zero-order valence-corrected chi connectivity index (χ0v) is 19.2. The summed E-state index contributed by atoms with van der Waals surface area (Å²) in [5.74, 6) is -0.486. The lowest BCUT2D eigenvalue weighted by Crippen LogP contribution is -2.31. The quantitative estimate of drug-likeness (QED) is 0.508. The van der Waals surface area contributed by atoms with Crippen molar-refractivity contribution in [3.05, 3.63) is 88.4 Å². The van der Waals surface area contributed by atoms with E-state index in [4.69, 9.17) is 11.6 Å². The highest BCUT2D eigenvalue weighted by Crippen LogP contribution is 2.36. The fourth-order valence-corrected chi connectivity index (χ4v) is 5.22. The van der Waals surface area contributed by atoms with Crippen LogP contribution in [0.15, 0.2) is 76.5 Å². The van der Waals surface area contributed by atoms with Gasteiger partial charge < -0.3 is 10.2 Å². The van der Waals surface area contributed by atoms with Crippen molar-refractivity contribution in [1.82, 2.24) is 5.32 Å². The smallest absolute Gasteiger partial charge is 0.259 e. The number of amides is 2. The number of nitrogens with one attached hydrogen (secondary N) is 1. The number of carbonyl (C=O) groups is 2. The Labute approximate surface area is 194 Å². The lowest BCUT2D eigenvalue weighted by molar-refractivity contribution is 0.0949. The number of fused-ring (bicyclic) bond motifs is 2. The molecule has 0 bridgehead atoms. The molecule has 1 N–H and O–H groups in total. The van der Waals surface area contributed by atoms with E-state index in [1.165, 1.54) is 0 Å². The van der Waals surface area contributed by atoms with Crippen molar-refractivity contribution in [2.24, 2.45) is 0 Å². The van der Waals surface area contributed by atoms with E-state index in [1.54, 1.807) is 59.5 Å². The molecule has 1 aliphatic heterocycles. The Morgan fingerprint density at radius 1 is 1.03 bits per heavy atom. The van der Waals surface area contributed by atoms with Gasteiger partial charge in [0.15, 0.2) is 0 Å². The summed E-state index contributed by atoms with van der Waals surface area (Å²) in [7, 11) is -1.56. The normalized spacial score (nSPS) is 15.0. The van der Waals surface area contributed by atoms with Crippen molar-refractivity contribution in [2.75, 3.05) is 11.4 Å². The van der Waals surface area contributed by atoms with Crippen molar-refractivity contribution in [2.45, 2.75) is 36.1 Å². The van der Waals surface area contributed by atoms with Crippen molar-refractivity contribution < 1.29 is 13.8 Å². The monoisotopic (exact) mass is 466 g/mol. The van der Waals surface area contributed by atoms with Gasteiger partial charge in [-0.05, 0) is 54.4 Å². The topological polar surface area (TPSA) is 66.5 Å². The van der Waals surface area contributed by atoms with Crippen LogP contribution in [0.1, 0.15) is 46.0 Å². The van der Waals surface area contributed by atoms with Gasteiger partial charge in [-0.15, -0.1) is 0 Å². The van der Waals surface area contributed by atoms with E-state index in [0.29, 0.717) is 38.2 Å². The fourth-order valence-electron chi connectivity index (χ4n) is 3.66. The van der Waals surface area contributed by atoms with Gasteiger partial charge in [-0.2, -0.15) is 0 Å². The largest absolute Gasteiger partial charge is 0.352 e. The van der Waals surface area contributed by atoms with Crippen molar-refractivity contribution in [1.29, 1.82) is 0 Å². The molecule has 164 valence electrons. The Balaban J connectivity index is 1.81. The molecule has 0 aromatic heterocycles. The third-order valence-electron chi connectivity index (χ3n) is 5.32.